The van der Waals surface area contributed by atoms with Crippen molar-refractivity contribution >= 4 is 28.4 Å². The lowest BCUT2D eigenvalue weighted by atomic mass is 10.1. The SMILES string of the molecule is NC(=O)c1ccccc1NC(=O)CCCn1c(=O)[nH]c2ccccc2c1=O. The van der Waals surface area contributed by atoms with Gasteiger partial charge < -0.3 is 16.0 Å². The number of carbonyl (C=O) groups excluding carboxylic acids is 2. The Morgan fingerprint density at radius 2 is 1.74 bits per heavy atom. The first kappa shape index (κ1) is 18.1. The van der Waals surface area contributed by atoms with Gasteiger partial charge in [0, 0.05) is 13.0 Å². The van der Waals surface area contributed by atoms with Crippen LogP contribution in [0.3, 0.4) is 0 Å². The van der Waals surface area contributed by atoms with Crippen molar-refractivity contribution in [2.45, 2.75) is 19.4 Å². The molecule has 0 atom stereocenters. The summed E-state index contributed by atoms with van der Waals surface area (Å²) in [6, 6.07) is 13.2. The number of H-pyrrole nitrogens is 1. The minimum atomic E-state index is -0.639. The molecule has 0 aliphatic rings. The maximum atomic E-state index is 12.4. The van der Waals surface area contributed by atoms with Crippen molar-refractivity contribution < 1.29 is 9.59 Å². The van der Waals surface area contributed by atoms with Crippen molar-refractivity contribution in [3.05, 3.63) is 74.9 Å². The number of hydrogen-bond donors (Lipinski definition) is 3. The van der Waals surface area contributed by atoms with E-state index in [0.717, 1.165) is 4.57 Å². The molecule has 0 saturated heterocycles. The Labute approximate surface area is 153 Å². The monoisotopic (exact) mass is 366 g/mol. The van der Waals surface area contributed by atoms with Gasteiger partial charge in [-0.25, -0.2) is 4.79 Å². The van der Waals surface area contributed by atoms with Crippen LogP contribution in [-0.4, -0.2) is 21.4 Å². The van der Waals surface area contributed by atoms with Crippen molar-refractivity contribution in [1.29, 1.82) is 0 Å². The summed E-state index contributed by atoms with van der Waals surface area (Å²) < 4.78 is 1.08. The Morgan fingerprint density at radius 3 is 2.52 bits per heavy atom. The van der Waals surface area contributed by atoms with Gasteiger partial charge in [-0.05, 0) is 30.7 Å². The average Bonchev–Trinajstić information content (AvgIpc) is 2.64. The molecular weight excluding hydrogens is 348 g/mol. The molecule has 0 saturated carbocycles. The molecule has 8 heteroatoms. The van der Waals surface area contributed by atoms with Crippen molar-refractivity contribution in [1.82, 2.24) is 9.55 Å². The van der Waals surface area contributed by atoms with Gasteiger partial charge in [0.2, 0.25) is 5.91 Å². The second kappa shape index (κ2) is 7.69. The maximum Gasteiger partial charge on any atom is 0.328 e. The number of para-hydroxylation sites is 2. The Bertz CT molecular complexity index is 1130. The third-order valence-electron chi connectivity index (χ3n) is 4.14. The highest BCUT2D eigenvalue weighted by Gasteiger charge is 2.11. The summed E-state index contributed by atoms with van der Waals surface area (Å²) in [7, 11) is 0. The predicted octanol–water partition coefficient (Wildman–Crippen LogP) is 1.21. The first-order valence-corrected chi connectivity index (χ1v) is 8.38. The average molecular weight is 366 g/mol. The number of aromatic amines is 1. The van der Waals surface area contributed by atoms with E-state index in [1.165, 1.54) is 6.07 Å². The molecule has 0 unspecified atom stereocenters. The highest BCUT2D eigenvalue weighted by atomic mass is 16.2. The molecule has 0 aliphatic heterocycles. The second-order valence-corrected chi connectivity index (χ2v) is 5.99. The maximum absolute atomic E-state index is 12.4. The number of amides is 2. The van der Waals surface area contributed by atoms with Crippen LogP contribution in [0.2, 0.25) is 0 Å². The summed E-state index contributed by atoms with van der Waals surface area (Å²) in [5, 5.41) is 3.04. The molecule has 4 N–H and O–H groups in total. The summed E-state index contributed by atoms with van der Waals surface area (Å²) in [4.78, 5) is 50.7. The minimum absolute atomic E-state index is 0.0752. The van der Waals surface area contributed by atoms with Crippen molar-refractivity contribution in [2.75, 3.05) is 5.32 Å². The van der Waals surface area contributed by atoms with E-state index in [1.54, 1.807) is 42.5 Å². The number of nitrogens with two attached hydrogens (primary N) is 1. The van der Waals surface area contributed by atoms with Gasteiger partial charge in [0.05, 0.1) is 22.2 Å². The Hall–Kier alpha value is -3.68. The standard InChI is InChI=1S/C19H18N4O4/c20-17(25)12-6-1-3-8-14(12)21-16(24)10-5-11-23-18(26)13-7-2-4-9-15(13)22-19(23)27/h1-4,6-9H,5,10-11H2,(H2,20,25)(H,21,24)(H,22,27). The van der Waals surface area contributed by atoms with Crippen LogP contribution < -0.4 is 22.3 Å². The number of nitrogens with one attached hydrogen (secondary N) is 2. The summed E-state index contributed by atoms with van der Waals surface area (Å²) in [6.07, 6.45) is 0.359. The summed E-state index contributed by atoms with van der Waals surface area (Å²) in [5.74, 6) is -0.978. The fourth-order valence-electron chi connectivity index (χ4n) is 2.82. The van der Waals surface area contributed by atoms with Gasteiger partial charge in [0.1, 0.15) is 0 Å². The zero-order valence-electron chi connectivity index (χ0n) is 14.4. The molecule has 138 valence electrons. The third kappa shape index (κ3) is 3.95. The van der Waals surface area contributed by atoms with E-state index in [2.05, 4.69) is 10.3 Å². The van der Waals surface area contributed by atoms with Gasteiger partial charge in [-0.3, -0.25) is 19.0 Å². The van der Waals surface area contributed by atoms with E-state index in [9.17, 15) is 19.2 Å². The van der Waals surface area contributed by atoms with Crippen molar-refractivity contribution in [3.8, 4) is 0 Å². The molecule has 3 aromatic rings. The molecule has 0 aliphatic carbocycles. The summed E-state index contributed by atoms with van der Waals surface area (Å²) in [5.41, 5.74) is 5.39. The predicted molar refractivity (Wildman–Crippen MR) is 102 cm³/mol. The molecule has 1 aromatic heterocycles. The van der Waals surface area contributed by atoms with Crippen LogP contribution in [0.5, 0.6) is 0 Å². The number of carbonyl (C=O) groups is 2. The Kier molecular flexibility index (Phi) is 5.16. The molecule has 1 heterocycles. The quantitative estimate of drug-likeness (QED) is 0.606. The lowest BCUT2D eigenvalue weighted by molar-refractivity contribution is -0.116. The van der Waals surface area contributed by atoms with Crippen LogP contribution in [-0.2, 0) is 11.3 Å². The zero-order chi connectivity index (χ0) is 19.4. The van der Waals surface area contributed by atoms with Gasteiger partial charge >= 0.3 is 5.69 Å². The first-order chi connectivity index (χ1) is 13.0. The van der Waals surface area contributed by atoms with Gasteiger partial charge in [-0.2, -0.15) is 0 Å². The van der Waals surface area contributed by atoms with E-state index < -0.39 is 17.2 Å². The lowest BCUT2D eigenvalue weighted by Crippen LogP contribution is -2.35. The van der Waals surface area contributed by atoms with Crippen LogP contribution in [0, 0.1) is 0 Å². The van der Waals surface area contributed by atoms with Crippen LogP contribution in [0.25, 0.3) is 10.9 Å². The number of rotatable bonds is 6. The fourth-order valence-corrected chi connectivity index (χ4v) is 2.82. The number of aromatic nitrogens is 2. The van der Waals surface area contributed by atoms with E-state index in [1.807, 2.05) is 0 Å². The third-order valence-corrected chi connectivity index (χ3v) is 4.14. The first-order valence-electron chi connectivity index (χ1n) is 8.38. The lowest BCUT2D eigenvalue weighted by Gasteiger charge is -2.09. The van der Waals surface area contributed by atoms with Gasteiger partial charge in [-0.15, -0.1) is 0 Å². The largest absolute Gasteiger partial charge is 0.366 e. The normalized spacial score (nSPS) is 10.7. The number of nitrogens with zero attached hydrogens (tertiary/aromatic N) is 1. The van der Waals surface area contributed by atoms with Crippen LogP contribution >= 0.6 is 0 Å². The van der Waals surface area contributed by atoms with E-state index >= 15 is 0 Å². The second-order valence-electron chi connectivity index (χ2n) is 5.99. The minimum Gasteiger partial charge on any atom is -0.366 e. The topological polar surface area (TPSA) is 127 Å². The molecule has 0 radical (unpaired) electrons. The number of primary amides is 1. The molecule has 2 amide bonds. The number of benzene rings is 2. The van der Waals surface area contributed by atoms with Gasteiger partial charge in [0.15, 0.2) is 0 Å². The van der Waals surface area contributed by atoms with Crippen LogP contribution in [0.1, 0.15) is 23.2 Å². The number of anilines is 1. The van der Waals surface area contributed by atoms with E-state index in [4.69, 9.17) is 5.73 Å². The number of hydrogen-bond acceptors (Lipinski definition) is 4. The molecule has 27 heavy (non-hydrogen) atoms. The Morgan fingerprint density at radius 1 is 1.04 bits per heavy atom. The number of fused-ring (bicyclic) bond motifs is 1. The Balaban J connectivity index is 1.68. The highest BCUT2D eigenvalue weighted by Crippen LogP contribution is 2.14. The zero-order valence-corrected chi connectivity index (χ0v) is 14.4. The van der Waals surface area contributed by atoms with Gasteiger partial charge in [-0.1, -0.05) is 24.3 Å². The van der Waals surface area contributed by atoms with Crippen LogP contribution in [0.15, 0.2) is 58.1 Å². The molecule has 0 fully saturated rings. The fraction of sp³-hybridized carbons (Fsp3) is 0.158. The smallest absolute Gasteiger partial charge is 0.328 e. The van der Waals surface area contributed by atoms with E-state index in [-0.39, 0.29) is 30.9 Å². The molecule has 2 aromatic carbocycles. The highest BCUT2D eigenvalue weighted by molar-refractivity contribution is 6.02. The molecular formula is C19H18N4O4. The van der Waals surface area contributed by atoms with E-state index in [0.29, 0.717) is 16.6 Å². The summed E-state index contributed by atoms with van der Waals surface area (Å²) >= 11 is 0. The molecule has 3 rings (SSSR count). The van der Waals surface area contributed by atoms with Gasteiger partial charge in [0.25, 0.3) is 11.5 Å². The van der Waals surface area contributed by atoms with Crippen molar-refractivity contribution in [2.24, 2.45) is 5.73 Å². The molecule has 0 spiro atoms. The summed E-state index contributed by atoms with van der Waals surface area (Å²) in [6.45, 7) is 0.101. The van der Waals surface area contributed by atoms with Crippen LogP contribution in [0.4, 0.5) is 5.69 Å². The molecule has 8 nitrogen and oxygen atoms in total. The molecule has 0 bridgehead atoms. The van der Waals surface area contributed by atoms with Crippen molar-refractivity contribution in [3.63, 3.8) is 0 Å².